The van der Waals surface area contributed by atoms with Crippen molar-refractivity contribution in [1.82, 2.24) is 0 Å². The average molecular weight is 398 g/mol. The Morgan fingerprint density at radius 1 is 1.14 bits per heavy atom. The number of thioether (sulfide) groups is 1. The first kappa shape index (κ1) is 19.9. The van der Waals surface area contributed by atoms with Crippen molar-refractivity contribution >= 4 is 35.2 Å². The highest BCUT2D eigenvalue weighted by Gasteiger charge is 2.21. The van der Waals surface area contributed by atoms with Crippen molar-refractivity contribution in [3.8, 4) is 0 Å². The molecule has 2 aromatic carbocycles. The minimum atomic E-state index is -0.963. The van der Waals surface area contributed by atoms with Crippen LogP contribution < -0.4 is 11.1 Å². The predicted octanol–water partition coefficient (Wildman–Crippen LogP) is 2.94. The van der Waals surface area contributed by atoms with E-state index in [9.17, 15) is 14.4 Å². The van der Waals surface area contributed by atoms with E-state index >= 15 is 0 Å². The summed E-state index contributed by atoms with van der Waals surface area (Å²) in [5.41, 5.74) is 8.74. The molecule has 2 aromatic rings. The first-order chi connectivity index (χ1) is 13.4. The molecule has 6 nitrogen and oxygen atoms in total. The number of nitrogens with two attached hydrogens (primary N) is 1. The van der Waals surface area contributed by atoms with Crippen molar-refractivity contribution < 1.29 is 19.1 Å². The standard InChI is InChI=1S/C21H22N2O4S/c1-13(20(25)23-16-10-9-14-5-4-6-15(14)11-16)27-21(26)17-7-2-3-8-18(17)28-12-19(22)24/h2-3,7-11,13H,4-6,12H2,1H3,(H2,22,24)(H,23,25). The maximum Gasteiger partial charge on any atom is 0.340 e. The lowest BCUT2D eigenvalue weighted by Gasteiger charge is -2.15. The van der Waals surface area contributed by atoms with Gasteiger partial charge in [0.2, 0.25) is 5.91 Å². The molecule has 0 fully saturated rings. The number of rotatable bonds is 7. The van der Waals surface area contributed by atoms with Crippen molar-refractivity contribution in [3.63, 3.8) is 0 Å². The van der Waals surface area contributed by atoms with Crippen LogP contribution in [-0.4, -0.2) is 29.6 Å². The summed E-state index contributed by atoms with van der Waals surface area (Å²) < 4.78 is 5.33. The van der Waals surface area contributed by atoms with Gasteiger partial charge in [0.05, 0.1) is 11.3 Å². The van der Waals surface area contributed by atoms with Gasteiger partial charge in [-0.05, 0) is 61.6 Å². The number of esters is 1. The van der Waals surface area contributed by atoms with Gasteiger partial charge in [0, 0.05) is 10.6 Å². The van der Waals surface area contributed by atoms with Crippen molar-refractivity contribution in [2.45, 2.75) is 37.2 Å². The van der Waals surface area contributed by atoms with Crippen LogP contribution >= 0.6 is 11.8 Å². The molecule has 1 atom stereocenters. The SMILES string of the molecule is CC(OC(=O)c1ccccc1SCC(N)=O)C(=O)Nc1ccc2c(c1)CCC2. The average Bonchev–Trinajstić information content (AvgIpc) is 3.14. The highest BCUT2D eigenvalue weighted by molar-refractivity contribution is 8.00. The zero-order valence-electron chi connectivity index (χ0n) is 15.6. The molecule has 0 heterocycles. The zero-order chi connectivity index (χ0) is 20.1. The summed E-state index contributed by atoms with van der Waals surface area (Å²) in [6.07, 6.45) is 2.26. The molecule has 0 saturated heterocycles. The lowest BCUT2D eigenvalue weighted by atomic mass is 10.1. The van der Waals surface area contributed by atoms with Crippen LogP contribution in [0.1, 0.15) is 34.8 Å². The molecule has 28 heavy (non-hydrogen) atoms. The Labute approximate surface area is 167 Å². The van der Waals surface area contributed by atoms with Crippen LogP contribution in [0.5, 0.6) is 0 Å². The van der Waals surface area contributed by atoms with Crippen molar-refractivity contribution in [3.05, 3.63) is 59.2 Å². The number of aryl methyl sites for hydroxylation is 2. The van der Waals surface area contributed by atoms with E-state index in [0.29, 0.717) is 16.1 Å². The number of benzene rings is 2. The van der Waals surface area contributed by atoms with Crippen molar-refractivity contribution in [1.29, 1.82) is 0 Å². The van der Waals surface area contributed by atoms with Gasteiger partial charge < -0.3 is 15.8 Å². The third-order valence-electron chi connectivity index (χ3n) is 4.50. The van der Waals surface area contributed by atoms with Gasteiger partial charge in [-0.2, -0.15) is 0 Å². The molecule has 3 N–H and O–H groups in total. The lowest BCUT2D eigenvalue weighted by molar-refractivity contribution is -0.123. The van der Waals surface area contributed by atoms with Crippen molar-refractivity contribution in [2.24, 2.45) is 5.73 Å². The number of primary amides is 1. The Hall–Kier alpha value is -2.80. The monoisotopic (exact) mass is 398 g/mol. The minimum absolute atomic E-state index is 0.0542. The number of hydrogen-bond donors (Lipinski definition) is 2. The maximum atomic E-state index is 12.5. The number of carbonyl (C=O) groups is 3. The second kappa shape index (κ2) is 8.93. The fraction of sp³-hybridized carbons (Fsp3) is 0.286. The summed E-state index contributed by atoms with van der Waals surface area (Å²) in [6, 6.07) is 12.6. The van der Waals surface area contributed by atoms with Crippen LogP contribution in [0.2, 0.25) is 0 Å². The Kier molecular flexibility index (Phi) is 6.36. The first-order valence-corrected chi connectivity index (χ1v) is 10.1. The number of anilines is 1. The summed E-state index contributed by atoms with van der Waals surface area (Å²) in [7, 11) is 0. The third kappa shape index (κ3) is 4.92. The molecule has 1 unspecified atom stereocenters. The molecule has 146 valence electrons. The predicted molar refractivity (Wildman–Crippen MR) is 108 cm³/mol. The zero-order valence-corrected chi connectivity index (χ0v) is 16.4. The van der Waals surface area contributed by atoms with E-state index < -0.39 is 23.9 Å². The van der Waals surface area contributed by atoms with Gasteiger partial charge in [0.25, 0.3) is 5.91 Å². The smallest absolute Gasteiger partial charge is 0.340 e. The topological polar surface area (TPSA) is 98.5 Å². The van der Waals surface area contributed by atoms with Crippen LogP contribution in [0.4, 0.5) is 5.69 Å². The summed E-state index contributed by atoms with van der Waals surface area (Å²) in [5.74, 6) is -1.44. The highest BCUT2D eigenvalue weighted by Crippen LogP contribution is 2.26. The van der Waals surface area contributed by atoms with Gasteiger partial charge in [0.15, 0.2) is 6.10 Å². The third-order valence-corrected chi connectivity index (χ3v) is 5.59. The van der Waals surface area contributed by atoms with Gasteiger partial charge in [-0.1, -0.05) is 18.2 Å². The molecule has 1 aliphatic carbocycles. The molecule has 0 spiro atoms. The second-order valence-electron chi connectivity index (χ2n) is 6.62. The number of nitrogens with one attached hydrogen (secondary N) is 1. The van der Waals surface area contributed by atoms with E-state index in [1.807, 2.05) is 18.2 Å². The van der Waals surface area contributed by atoms with Crippen LogP contribution in [0.25, 0.3) is 0 Å². The first-order valence-electron chi connectivity index (χ1n) is 9.08. The van der Waals surface area contributed by atoms with Crippen LogP contribution in [-0.2, 0) is 27.2 Å². The largest absolute Gasteiger partial charge is 0.449 e. The van der Waals surface area contributed by atoms with E-state index in [2.05, 4.69) is 5.32 Å². The van der Waals surface area contributed by atoms with E-state index in [1.165, 1.54) is 18.1 Å². The summed E-state index contributed by atoms with van der Waals surface area (Å²) in [6.45, 7) is 1.53. The van der Waals surface area contributed by atoms with E-state index in [0.717, 1.165) is 31.0 Å². The number of ether oxygens (including phenoxy) is 1. The molecular formula is C21H22N2O4S. The van der Waals surface area contributed by atoms with Gasteiger partial charge in [-0.3, -0.25) is 9.59 Å². The molecule has 7 heteroatoms. The Balaban J connectivity index is 1.62. The Bertz CT molecular complexity index is 913. The molecule has 2 amide bonds. The quantitative estimate of drug-likeness (QED) is 0.552. The molecule has 1 aliphatic rings. The highest BCUT2D eigenvalue weighted by atomic mass is 32.2. The molecule has 0 bridgehead atoms. The molecular weight excluding hydrogens is 376 g/mol. The lowest BCUT2D eigenvalue weighted by Crippen LogP contribution is -2.30. The van der Waals surface area contributed by atoms with E-state index in [1.54, 1.807) is 24.3 Å². The van der Waals surface area contributed by atoms with E-state index in [4.69, 9.17) is 10.5 Å². The number of amides is 2. The summed E-state index contributed by atoms with van der Waals surface area (Å²) >= 11 is 1.16. The molecule has 0 radical (unpaired) electrons. The molecule has 0 aliphatic heterocycles. The van der Waals surface area contributed by atoms with Gasteiger partial charge in [-0.15, -0.1) is 11.8 Å². The Morgan fingerprint density at radius 3 is 2.68 bits per heavy atom. The number of hydrogen-bond acceptors (Lipinski definition) is 5. The summed E-state index contributed by atoms with van der Waals surface area (Å²) in [5, 5.41) is 2.80. The van der Waals surface area contributed by atoms with Crippen LogP contribution in [0.15, 0.2) is 47.4 Å². The molecule has 0 saturated carbocycles. The van der Waals surface area contributed by atoms with E-state index in [-0.39, 0.29) is 5.75 Å². The Morgan fingerprint density at radius 2 is 1.89 bits per heavy atom. The number of carbonyl (C=O) groups excluding carboxylic acids is 3. The number of fused-ring (bicyclic) bond motifs is 1. The fourth-order valence-electron chi connectivity index (χ4n) is 3.08. The maximum absolute atomic E-state index is 12.5. The van der Waals surface area contributed by atoms with Gasteiger partial charge in [0.1, 0.15) is 0 Å². The van der Waals surface area contributed by atoms with Gasteiger partial charge >= 0.3 is 5.97 Å². The van der Waals surface area contributed by atoms with Crippen LogP contribution in [0.3, 0.4) is 0 Å². The van der Waals surface area contributed by atoms with Gasteiger partial charge in [-0.25, -0.2) is 4.79 Å². The normalized spacial score (nSPS) is 13.5. The second-order valence-corrected chi connectivity index (χ2v) is 7.64. The molecule has 0 aromatic heterocycles. The minimum Gasteiger partial charge on any atom is -0.449 e. The van der Waals surface area contributed by atoms with Crippen molar-refractivity contribution in [2.75, 3.05) is 11.1 Å². The van der Waals surface area contributed by atoms with Crippen LogP contribution in [0, 0.1) is 0 Å². The molecule has 3 rings (SSSR count). The fourth-order valence-corrected chi connectivity index (χ4v) is 3.86. The summed E-state index contributed by atoms with van der Waals surface area (Å²) in [4.78, 5) is 36.5.